The highest BCUT2D eigenvalue weighted by Crippen LogP contribution is 2.31. The molecule has 0 radical (unpaired) electrons. The number of hydrogen-bond acceptors (Lipinski definition) is 6. The molecular weight excluding hydrogens is 697 g/mol. The Balaban J connectivity index is 1.32. The minimum absolute atomic E-state index is 0.452. The third-order valence-electron chi connectivity index (χ3n) is 11.1. The molecule has 0 aromatic heterocycles. The van der Waals surface area contributed by atoms with Gasteiger partial charge in [-0.2, -0.15) is 0 Å². The standard InChI is InChI=1S/C50H84O6/c1-3-5-7-9-11-13-15-17-19-21-23-25-27-29-45-31-33-47-49(43-45)55-41-37-52-38-42-56-50-44-46(32-34-48(50)54-40-36-51-35-39-53-47)30-28-26-24-22-20-18-16-14-12-10-8-6-4-2/h31-34,43-44H,3-30,35-42H2,1-2H3. The Morgan fingerprint density at radius 2 is 0.571 bits per heavy atom. The molecule has 1 aliphatic heterocycles. The summed E-state index contributed by atoms with van der Waals surface area (Å²) in [6.45, 7) is 8.32. The van der Waals surface area contributed by atoms with E-state index in [2.05, 4.69) is 38.1 Å². The molecule has 2 aromatic rings. The number of aryl methyl sites for hydroxylation is 2. The van der Waals surface area contributed by atoms with Gasteiger partial charge in [0.25, 0.3) is 0 Å². The molecule has 0 fully saturated rings. The summed E-state index contributed by atoms with van der Waals surface area (Å²) >= 11 is 0. The molecule has 0 unspecified atom stereocenters. The van der Waals surface area contributed by atoms with Gasteiger partial charge < -0.3 is 28.4 Å². The van der Waals surface area contributed by atoms with Crippen molar-refractivity contribution < 1.29 is 28.4 Å². The Hall–Kier alpha value is -2.44. The topological polar surface area (TPSA) is 55.4 Å². The molecule has 0 aliphatic carbocycles. The molecule has 0 atom stereocenters. The number of ether oxygens (including phenoxy) is 6. The van der Waals surface area contributed by atoms with E-state index < -0.39 is 0 Å². The van der Waals surface area contributed by atoms with Gasteiger partial charge in [-0.25, -0.2) is 0 Å². The largest absolute Gasteiger partial charge is 0.487 e. The first-order chi connectivity index (χ1) is 27.8. The fourth-order valence-corrected chi connectivity index (χ4v) is 7.62. The second kappa shape index (κ2) is 34.6. The van der Waals surface area contributed by atoms with Crippen molar-refractivity contribution in [2.24, 2.45) is 0 Å². The Labute approximate surface area is 344 Å². The van der Waals surface area contributed by atoms with Crippen LogP contribution in [-0.2, 0) is 22.3 Å². The molecule has 1 heterocycles. The summed E-state index contributed by atoms with van der Waals surface area (Å²) in [4.78, 5) is 0. The van der Waals surface area contributed by atoms with Crippen LogP contribution in [0.2, 0.25) is 0 Å². The minimum atomic E-state index is 0.452. The van der Waals surface area contributed by atoms with Gasteiger partial charge in [-0.1, -0.05) is 180 Å². The van der Waals surface area contributed by atoms with Crippen LogP contribution in [0.3, 0.4) is 0 Å². The van der Waals surface area contributed by atoms with E-state index in [0.717, 1.165) is 35.8 Å². The van der Waals surface area contributed by atoms with E-state index in [4.69, 9.17) is 28.4 Å². The number of rotatable bonds is 28. The van der Waals surface area contributed by atoms with Crippen LogP contribution in [0.4, 0.5) is 0 Å². The quantitative estimate of drug-likeness (QED) is 0.0802. The lowest BCUT2D eigenvalue weighted by molar-refractivity contribution is 0.0640. The zero-order valence-corrected chi connectivity index (χ0v) is 36.4. The van der Waals surface area contributed by atoms with Gasteiger partial charge >= 0.3 is 0 Å². The summed E-state index contributed by atoms with van der Waals surface area (Å²) in [5, 5.41) is 0. The van der Waals surface area contributed by atoms with Crippen molar-refractivity contribution in [2.45, 2.75) is 194 Å². The molecule has 0 N–H and O–H groups in total. The van der Waals surface area contributed by atoms with Crippen molar-refractivity contribution >= 4 is 0 Å². The van der Waals surface area contributed by atoms with Crippen molar-refractivity contribution in [3.8, 4) is 23.0 Å². The van der Waals surface area contributed by atoms with E-state index in [0.29, 0.717) is 52.9 Å². The first-order valence-electron chi connectivity index (χ1n) is 23.7. The summed E-state index contributed by atoms with van der Waals surface area (Å²) in [7, 11) is 0. The summed E-state index contributed by atoms with van der Waals surface area (Å²) in [6.07, 6.45) is 37.8. The molecule has 3 rings (SSSR count). The highest BCUT2D eigenvalue weighted by molar-refractivity contribution is 5.44. The smallest absolute Gasteiger partial charge is 0.161 e. The average Bonchev–Trinajstić information content (AvgIpc) is 3.21. The predicted molar refractivity (Wildman–Crippen MR) is 235 cm³/mol. The maximum Gasteiger partial charge on any atom is 0.161 e. The third kappa shape index (κ3) is 24.4. The van der Waals surface area contributed by atoms with Gasteiger partial charge in [-0.05, 0) is 61.1 Å². The molecule has 0 bridgehead atoms. The summed E-state index contributed by atoms with van der Waals surface area (Å²) in [5.74, 6) is 3.08. The van der Waals surface area contributed by atoms with E-state index >= 15 is 0 Å². The van der Waals surface area contributed by atoms with Crippen LogP contribution >= 0.6 is 0 Å². The van der Waals surface area contributed by atoms with E-state index in [-0.39, 0.29) is 0 Å². The minimum Gasteiger partial charge on any atom is -0.487 e. The van der Waals surface area contributed by atoms with Crippen LogP contribution in [0, 0.1) is 0 Å². The van der Waals surface area contributed by atoms with Crippen LogP contribution in [0.1, 0.15) is 192 Å². The van der Waals surface area contributed by atoms with Gasteiger partial charge in [0.05, 0.1) is 26.4 Å². The molecule has 6 heteroatoms. The molecule has 2 aromatic carbocycles. The van der Waals surface area contributed by atoms with Gasteiger partial charge in [0.15, 0.2) is 23.0 Å². The van der Waals surface area contributed by atoms with Gasteiger partial charge in [-0.15, -0.1) is 0 Å². The molecule has 6 nitrogen and oxygen atoms in total. The lowest BCUT2D eigenvalue weighted by Crippen LogP contribution is -2.15. The van der Waals surface area contributed by atoms with Crippen molar-refractivity contribution in [2.75, 3.05) is 52.9 Å². The van der Waals surface area contributed by atoms with Crippen LogP contribution in [-0.4, -0.2) is 52.9 Å². The number of unbranched alkanes of at least 4 members (excludes halogenated alkanes) is 24. The van der Waals surface area contributed by atoms with Crippen LogP contribution < -0.4 is 18.9 Å². The van der Waals surface area contributed by atoms with Crippen LogP contribution in [0.15, 0.2) is 36.4 Å². The molecule has 1 aliphatic rings. The zero-order chi connectivity index (χ0) is 39.4. The predicted octanol–water partition coefficient (Wildman–Crippen LogP) is 14.2. The lowest BCUT2D eigenvalue weighted by atomic mass is 10.0. The fraction of sp³-hybridized carbons (Fsp3) is 0.760. The number of fused-ring (bicyclic) bond motifs is 2. The van der Waals surface area contributed by atoms with E-state index in [9.17, 15) is 0 Å². The Kier molecular flexibility index (Phi) is 29.6. The van der Waals surface area contributed by atoms with Gasteiger partial charge in [0.1, 0.15) is 26.4 Å². The third-order valence-corrected chi connectivity index (χ3v) is 11.1. The van der Waals surface area contributed by atoms with Crippen molar-refractivity contribution in [3.05, 3.63) is 47.5 Å². The molecule has 0 saturated carbocycles. The van der Waals surface area contributed by atoms with Crippen LogP contribution in [0.5, 0.6) is 23.0 Å². The Morgan fingerprint density at radius 3 is 0.875 bits per heavy atom. The molecule has 0 amide bonds. The fourth-order valence-electron chi connectivity index (χ4n) is 7.62. The molecule has 56 heavy (non-hydrogen) atoms. The monoisotopic (exact) mass is 781 g/mol. The van der Waals surface area contributed by atoms with E-state index in [1.54, 1.807) is 0 Å². The van der Waals surface area contributed by atoms with Gasteiger partial charge in [0, 0.05) is 0 Å². The SMILES string of the molecule is CCCCCCCCCCCCCCCc1ccc2c(c1)OCCOCCOc1cc(CCCCCCCCCCCCCCC)ccc1OCCOCCO2. The Morgan fingerprint density at radius 1 is 0.304 bits per heavy atom. The molecule has 0 saturated heterocycles. The Bertz CT molecular complexity index is 1090. The number of benzene rings is 2. The van der Waals surface area contributed by atoms with Gasteiger partial charge in [-0.3, -0.25) is 0 Å². The molecule has 0 spiro atoms. The van der Waals surface area contributed by atoms with E-state index in [1.807, 2.05) is 12.1 Å². The average molecular weight is 781 g/mol. The van der Waals surface area contributed by atoms with E-state index in [1.165, 1.54) is 178 Å². The molecule has 320 valence electrons. The van der Waals surface area contributed by atoms with Crippen LogP contribution in [0.25, 0.3) is 0 Å². The van der Waals surface area contributed by atoms with Gasteiger partial charge in [0.2, 0.25) is 0 Å². The van der Waals surface area contributed by atoms with Crippen molar-refractivity contribution in [3.63, 3.8) is 0 Å². The molecular formula is C50H84O6. The normalized spacial score (nSPS) is 14.3. The first-order valence-corrected chi connectivity index (χ1v) is 23.7. The second-order valence-electron chi connectivity index (χ2n) is 16.2. The summed E-state index contributed by atoms with van der Waals surface area (Å²) < 4.78 is 36.4. The maximum atomic E-state index is 6.21. The lowest BCUT2D eigenvalue weighted by Gasteiger charge is -2.17. The van der Waals surface area contributed by atoms with Crippen molar-refractivity contribution in [1.82, 2.24) is 0 Å². The second-order valence-corrected chi connectivity index (χ2v) is 16.2. The van der Waals surface area contributed by atoms with Crippen molar-refractivity contribution in [1.29, 1.82) is 0 Å². The highest BCUT2D eigenvalue weighted by Gasteiger charge is 2.11. The zero-order valence-electron chi connectivity index (χ0n) is 36.4. The maximum absolute atomic E-state index is 6.21. The number of hydrogen-bond donors (Lipinski definition) is 0. The summed E-state index contributed by atoms with van der Waals surface area (Å²) in [5.41, 5.74) is 2.60. The highest BCUT2D eigenvalue weighted by atomic mass is 16.6. The summed E-state index contributed by atoms with van der Waals surface area (Å²) in [6, 6.07) is 12.8. The first kappa shape index (κ1) is 47.9.